The number of hydrogen-bond acceptors (Lipinski definition) is 3. The Labute approximate surface area is 150 Å². The molecule has 0 bridgehead atoms. The lowest BCUT2D eigenvalue weighted by atomic mass is 10.1. The van der Waals surface area contributed by atoms with E-state index in [1.807, 2.05) is 32.0 Å². The van der Waals surface area contributed by atoms with Crippen molar-refractivity contribution >= 4 is 43.2 Å². The molecule has 2 aromatic carbocycles. The number of nitrogens with one attached hydrogen (secondary N) is 1. The van der Waals surface area contributed by atoms with Crippen molar-refractivity contribution in [1.29, 1.82) is 0 Å². The number of para-hydroxylation sites is 1. The van der Waals surface area contributed by atoms with E-state index >= 15 is 0 Å². The minimum absolute atomic E-state index is 0.277. The van der Waals surface area contributed by atoms with E-state index in [0.29, 0.717) is 11.4 Å². The van der Waals surface area contributed by atoms with Crippen molar-refractivity contribution in [3.05, 3.63) is 58.1 Å². The van der Waals surface area contributed by atoms with Gasteiger partial charge in [-0.15, -0.1) is 0 Å². The largest absolute Gasteiger partial charge is 0.325 e. The Balaban J connectivity index is 2.27. The number of hydrogen-bond donors (Lipinski definition) is 1. The number of sulfonamides is 1. The van der Waals surface area contributed by atoms with Gasteiger partial charge in [0.05, 0.1) is 11.9 Å². The zero-order valence-corrected chi connectivity index (χ0v) is 16.1. The highest BCUT2D eigenvalue weighted by atomic mass is 79.9. The highest BCUT2D eigenvalue weighted by Gasteiger charge is 2.23. The van der Waals surface area contributed by atoms with Gasteiger partial charge in [-0.25, -0.2) is 8.42 Å². The molecule has 0 saturated heterocycles. The SMILES string of the molecule is Cc1cccc(C)c1N(CC(=O)Nc1ccc(Br)cc1)S(C)(=O)=O. The smallest absolute Gasteiger partial charge is 0.245 e. The van der Waals surface area contributed by atoms with Crippen LogP contribution < -0.4 is 9.62 Å². The molecule has 7 heteroatoms. The summed E-state index contributed by atoms with van der Waals surface area (Å²) in [6, 6.07) is 12.6. The van der Waals surface area contributed by atoms with Crippen LogP contribution in [0.25, 0.3) is 0 Å². The van der Waals surface area contributed by atoms with E-state index < -0.39 is 15.9 Å². The lowest BCUT2D eigenvalue weighted by Crippen LogP contribution is -2.38. The minimum atomic E-state index is -3.59. The Kier molecular flexibility index (Phi) is 5.66. The highest BCUT2D eigenvalue weighted by molar-refractivity contribution is 9.10. The van der Waals surface area contributed by atoms with Crippen LogP contribution in [0.3, 0.4) is 0 Å². The molecule has 0 saturated carbocycles. The van der Waals surface area contributed by atoms with Crippen molar-refractivity contribution in [1.82, 2.24) is 0 Å². The number of carbonyl (C=O) groups is 1. The molecule has 0 atom stereocenters. The molecule has 0 fully saturated rings. The number of aryl methyl sites for hydroxylation is 2. The first-order valence-electron chi connectivity index (χ1n) is 7.28. The quantitative estimate of drug-likeness (QED) is 0.820. The second-order valence-electron chi connectivity index (χ2n) is 5.57. The molecule has 0 aromatic heterocycles. The maximum Gasteiger partial charge on any atom is 0.245 e. The molecule has 1 amide bonds. The van der Waals surface area contributed by atoms with Gasteiger partial charge >= 0.3 is 0 Å². The van der Waals surface area contributed by atoms with Gasteiger partial charge in [0, 0.05) is 10.2 Å². The third-order valence-corrected chi connectivity index (χ3v) is 5.15. The van der Waals surface area contributed by atoms with Gasteiger partial charge in [0.2, 0.25) is 15.9 Å². The zero-order valence-electron chi connectivity index (χ0n) is 13.7. The molecule has 0 radical (unpaired) electrons. The predicted molar refractivity (Wildman–Crippen MR) is 101 cm³/mol. The van der Waals surface area contributed by atoms with E-state index in [1.165, 1.54) is 0 Å². The normalized spacial score (nSPS) is 11.2. The van der Waals surface area contributed by atoms with Gasteiger partial charge in [0.15, 0.2) is 0 Å². The topological polar surface area (TPSA) is 66.5 Å². The molecule has 0 aliphatic carbocycles. The van der Waals surface area contributed by atoms with Crippen LogP contribution in [0.15, 0.2) is 46.9 Å². The van der Waals surface area contributed by atoms with Crippen molar-refractivity contribution in [3.63, 3.8) is 0 Å². The summed E-state index contributed by atoms with van der Waals surface area (Å²) >= 11 is 3.32. The molecular formula is C17H19BrN2O3S. The van der Waals surface area contributed by atoms with E-state index in [4.69, 9.17) is 0 Å². The maximum absolute atomic E-state index is 12.3. The van der Waals surface area contributed by atoms with Crippen LogP contribution in [0.2, 0.25) is 0 Å². The van der Waals surface area contributed by atoms with Gasteiger partial charge in [-0.2, -0.15) is 0 Å². The first-order valence-corrected chi connectivity index (χ1v) is 9.92. The lowest BCUT2D eigenvalue weighted by Gasteiger charge is -2.25. The van der Waals surface area contributed by atoms with Crippen molar-refractivity contribution in [2.45, 2.75) is 13.8 Å². The Morgan fingerprint density at radius 1 is 1.08 bits per heavy atom. The Morgan fingerprint density at radius 2 is 1.62 bits per heavy atom. The number of amides is 1. The van der Waals surface area contributed by atoms with E-state index in [1.54, 1.807) is 24.3 Å². The van der Waals surface area contributed by atoms with E-state index in [2.05, 4.69) is 21.2 Å². The Hall–Kier alpha value is -1.86. The van der Waals surface area contributed by atoms with Crippen LogP contribution in [0.4, 0.5) is 11.4 Å². The van der Waals surface area contributed by atoms with E-state index in [-0.39, 0.29) is 6.54 Å². The third kappa shape index (κ3) is 4.58. The molecule has 1 N–H and O–H groups in total. The molecule has 5 nitrogen and oxygen atoms in total. The van der Waals surface area contributed by atoms with Gasteiger partial charge < -0.3 is 5.32 Å². The van der Waals surface area contributed by atoms with Gasteiger partial charge in [-0.1, -0.05) is 34.1 Å². The standard InChI is InChI=1S/C17H19BrN2O3S/c1-12-5-4-6-13(2)17(12)20(24(3,22)23)11-16(21)19-15-9-7-14(18)8-10-15/h4-10H,11H2,1-3H3,(H,19,21). The van der Waals surface area contributed by atoms with Crippen molar-refractivity contribution < 1.29 is 13.2 Å². The Morgan fingerprint density at radius 3 is 2.12 bits per heavy atom. The second-order valence-corrected chi connectivity index (χ2v) is 8.39. The zero-order chi connectivity index (χ0) is 17.9. The summed E-state index contributed by atoms with van der Waals surface area (Å²) < 4.78 is 26.5. The first kappa shape index (κ1) is 18.5. The molecule has 24 heavy (non-hydrogen) atoms. The van der Waals surface area contributed by atoms with Crippen LogP contribution in [0, 0.1) is 13.8 Å². The fourth-order valence-electron chi connectivity index (χ4n) is 2.43. The fourth-order valence-corrected chi connectivity index (χ4v) is 3.66. The molecule has 128 valence electrons. The van der Waals surface area contributed by atoms with Gasteiger partial charge in [0.1, 0.15) is 6.54 Å². The molecule has 0 spiro atoms. The summed E-state index contributed by atoms with van der Waals surface area (Å²) in [6.07, 6.45) is 1.10. The molecule has 0 aliphatic heterocycles. The average molecular weight is 411 g/mol. The van der Waals surface area contributed by atoms with Crippen LogP contribution in [0.1, 0.15) is 11.1 Å². The van der Waals surface area contributed by atoms with Gasteiger partial charge in [0.25, 0.3) is 0 Å². The van der Waals surface area contributed by atoms with Crippen LogP contribution >= 0.6 is 15.9 Å². The number of halogens is 1. The third-order valence-electron chi connectivity index (χ3n) is 3.50. The number of nitrogens with zero attached hydrogens (tertiary/aromatic N) is 1. The maximum atomic E-state index is 12.3. The summed E-state index contributed by atoms with van der Waals surface area (Å²) in [5.41, 5.74) is 2.76. The minimum Gasteiger partial charge on any atom is -0.325 e. The summed E-state index contributed by atoms with van der Waals surface area (Å²) in [5, 5.41) is 2.71. The monoisotopic (exact) mass is 410 g/mol. The van der Waals surface area contributed by atoms with E-state index in [9.17, 15) is 13.2 Å². The van der Waals surface area contributed by atoms with Crippen molar-refractivity contribution in [3.8, 4) is 0 Å². The number of anilines is 2. The van der Waals surface area contributed by atoms with Crippen LogP contribution in [-0.4, -0.2) is 27.1 Å². The van der Waals surface area contributed by atoms with Crippen molar-refractivity contribution in [2.24, 2.45) is 0 Å². The van der Waals surface area contributed by atoms with Crippen molar-refractivity contribution in [2.75, 3.05) is 22.4 Å². The fraction of sp³-hybridized carbons (Fsp3) is 0.235. The average Bonchev–Trinajstić information content (AvgIpc) is 2.47. The highest BCUT2D eigenvalue weighted by Crippen LogP contribution is 2.26. The molecule has 0 unspecified atom stereocenters. The predicted octanol–water partition coefficient (Wildman–Crippen LogP) is 3.47. The van der Waals surface area contributed by atoms with Crippen LogP contribution in [-0.2, 0) is 14.8 Å². The summed E-state index contributed by atoms with van der Waals surface area (Å²) in [7, 11) is -3.59. The van der Waals surface area contributed by atoms with Crippen LogP contribution in [0.5, 0.6) is 0 Å². The molecule has 0 heterocycles. The van der Waals surface area contributed by atoms with Gasteiger partial charge in [-0.05, 0) is 49.2 Å². The molecule has 2 rings (SSSR count). The Bertz CT molecular complexity index is 828. The first-order chi connectivity index (χ1) is 11.2. The summed E-state index contributed by atoms with van der Waals surface area (Å²) in [5.74, 6) is -0.398. The molecule has 0 aliphatic rings. The second kappa shape index (κ2) is 7.36. The number of rotatable bonds is 5. The summed E-state index contributed by atoms with van der Waals surface area (Å²) in [6.45, 7) is 3.38. The van der Waals surface area contributed by atoms with E-state index in [0.717, 1.165) is 26.2 Å². The van der Waals surface area contributed by atoms with Gasteiger partial charge in [-0.3, -0.25) is 9.10 Å². The molecular weight excluding hydrogens is 392 g/mol. The summed E-state index contributed by atoms with van der Waals surface area (Å²) in [4.78, 5) is 12.3. The molecule has 2 aromatic rings. The lowest BCUT2D eigenvalue weighted by molar-refractivity contribution is -0.114. The number of benzene rings is 2. The number of carbonyl (C=O) groups excluding carboxylic acids is 1.